The van der Waals surface area contributed by atoms with Gasteiger partial charge in [-0.15, -0.1) is 0 Å². The molecule has 0 amide bonds. The van der Waals surface area contributed by atoms with Crippen LogP contribution in [0, 0.1) is 0 Å². The molecule has 1 saturated heterocycles. The van der Waals surface area contributed by atoms with Crippen LogP contribution in [0.5, 0.6) is 0 Å². The van der Waals surface area contributed by atoms with Crippen LogP contribution in [0.1, 0.15) is 13.3 Å². The summed E-state index contributed by atoms with van der Waals surface area (Å²) in [6.07, 6.45) is 1.15. The summed E-state index contributed by atoms with van der Waals surface area (Å²) < 4.78 is 5.29. The molecular weight excluding hydrogens is 140 g/mol. The SMILES string of the molecule is C[C@@H](CN)N(C)C1CCOC1. The summed E-state index contributed by atoms with van der Waals surface area (Å²) in [6, 6.07) is 1.07. The van der Waals surface area contributed by atoms with Crippen molar-refractivity contribution in [3.63, 3.8) is 0 Å². The van der Waals surface area contributed by atoms with Crippen molar-refractivity contribution >= 4 is 0 Å². The summed E-state index contributed by atoms with van der Waals surface area (Å²) in [6.45, 7) is 4.67. The van der Waals surface area contributed by atoms with Gasteiger partial charge in [0.25, 0.3) is 0 Å². The van der Waals surface area contributed by atoms with Gasteiger partial charge in [-0.1, -0.05) is 0 Å². The van der Waals surface area contributed by atoms with Crippen molar-refractivity contribution in [3.8, 4) is 0 Å². The molecule has 0 radical (unpaired) electrons. The predicted octanol–water partition coefficient (Wildman–Crippen LogP) is 0.0543. The Morgan fingerprint density at radius 1 is 1.73 bits per heavy atom. The Bertz CT molecular complexity index is 113. The molecule has 2 N–H and O–H groups in total. The van der Waals surface area contributed by atoms with E-state index >= 15 is 0 Å². The largest absolute Gasteiger partial charge is 0.380 e. The molecule has 3 heteroatoms. The molecule has 66 valence electrons. The highest BCUT2D eigenvalue weighted by Gasteiger charge is 2.22. The topological polar surface area (TPSA) is 38.5 Å². The third kappa shape index (κ3) is 2.15. The summed E-state index contributed by atoms with van der Waals surface area (Å²) in [7, 11) is 2.12. The average Bonchev–Trinajstić information content (AvgIpc) is 2.53. The van der Waals surface area contributed by atoms with Gasteiger partial charge in [0, 0.05) is 25.2 Å². The third-order valence-corrected chi connectivity index (χ3v) is 2.52. The molecule has 11 heavy (non-hydrogen) atoms. The van der Waals surface area contributed by atoms with Crippen LogP contribution in [0.4, 0.5) is 0 Å². The average molecular weight is 158 g/mol. The zero-order valence-electron chi connectivity index (χ0n) is 7.42. The van der Waals surface area contributed by atoms with Crippen molar-refractivity contribution in [2.75, 3.05) is 26.8 Å². The summed E-state index contributed by atoms with van der Waals surface area (Å²) >= 11 is 0. The molecule has 1 unspecified atom stereocenters. The maximum atomic E-state index is 5.56. The van der Waals surface area contributed by atoms with E-state index in [1.165, 1.54) is 0 Å². The monoisotopic (exact) mass is 158 g/mol. The standard InChI is InChI=1S/C8H18N2O/c1-7(5-9)10(2)8-3-4-11-6-8/h7-8H,3-6,9H2,1-2H3/t7-,8?/m0/s1. The first-order valence-corrected chi connectivity index (χ1v) is 4.25. The summed E-state index contributed by atoms with van der Waals surface area (Å²) in [5, 5.41) is 0. The molecule has 1 aliphatic heterocycles. The third-order valence-electron chi connectivity index (χ3n) is 2.52. The van der Waals surface area contributed by atoms with Gasteiger partial charge in [0.15, 0.2) is 0 Å². The second-order valence-corrected chi connectivity index (χ2v) is 3.27. The molecule has 1 rings (SSSR count). The van der Waals surface area contributed by atoms with Crippen LogP contribution < -0.4 is 5.73 Å². The fourth-order valence-electron chi connectivity index (χ4n) is 1.37. The molecule has 0 aromatic rings. The second-order valence-electron chi connectivity index (χ2n) is 3.27. The Balaban J connectivity index is 2.32. The van der Waals surface area contributed by atoms with E-state index in [0.29, 0.717) is 12.1 Å². The van der Waals surface area contributed by atoms with E-state index in [1.807, 2.05) is 0 Å². The van der Waals surface area contributed by atoms with E-state index in [4.69, 9.17) is 10.5 Å². The Morgan fingerprint density at radius 2 is 2.45 bits per heavy atom. The van der Waals surface area contributed by atoms with Crippen molar-refractivity contribution in [1.82, 2.24) is 4.90 Å². The van der Waals surface area contributed by atoms with Gasteiger partial charge >= 0.3 is 0 Å². The molecule has 2 atom stereocenters. The quantitative estimate of drug-likeness (QED) is 0.631. The van der Waals surface area contributed by atoms with Crippen molar-refractivity contribution < 1.29 is 4.74 Å². The van der Waals surface area contributed by atoms with Gasteiger partial charge in [0.2, 0.25) is 0 Å². The van der Waals surface area contributed by atoms with Crippen LogP contribution in [0.15, 0.2) is 0 Å². The fourth-order valence-corrected chi connectivity index (χ4v) is 1.37. The molecule has 0 spiro atoms. The van der Waals surface area contributed by atoms with Crippen LogP contribution in [0.2, 0.25) is 0 Å². The highest BCUT2D eigenvalue weighted by molar-refractivity contribution is 4.77. The highest BCUT2D eigenvalue weighted by Crippen LogP contribution is 2.12. The molecule has 0 bridgehead atoms. The molecule has 0 saturated carbocycles. The number of hydrogen-bond donors (Lipinski definition) is 1. The molecule has 1 aliphatic rings. The smallest absolute Gasteiger partial charge is 0.0622 e. The minimum Gasteiger partial charge on any atom is -0.380 e. The van der Waals surface area contributed by atoms with Gasteiger partial charge < -0.3 is 10.5 Å². The van der Waals surface area contributed by atoms with Gasteiger partial charge in [-0.25, -0.2) is 0 Å². The Morgan fingerprint density at radius 3 is 2.91 bits per heavy atom. The Labute approximate surface area is 68.5 Å². The highest BCUT2D eigenvalue weighted by atomic mass is 16.5. The normalized spacial score (nSPS) is 27.8. The van der Waals surface area contributed by atoms with E-state index in [2.05, 4.69) is 18.9 Å². The minimum absolute atomic E-state index is 0.474. The fraction of sp³-hybridized carbons (Fsp3) is 1.00. The van der Waals surface area contributed by atoms with E-state index < -0.39 is 0 Å². The number of hydrogen-bond acceptors (Lipinski definition) is 3. The lowest BCUT2D eigenvalue weighted by molar-refractivity contribution is 0.140. The zero-order valence-corrected chi connectivity index (χ0v) is 7.42. The van der Waals surface area contributed by atoms with E-state index in [1.54, 1.807) is 0 Å². The number of nitrogens with two attached hydrogens (primary N) is 1. The van der Waals surface area contributed by atoms with Gasteiger partial charge in [-0.3, -0.25) is 4.90 Å². The molecule has 3 nitrogen and oxygen atoms in total. The van der Waals surface area contributed by atoms with Crippen LogP contribution >= 0.6 is 0 Å². The molecular formula is C8H18N2O. The number of ether oxygens (including phenoxy) is 1. The maximum absolute atomic E-state index is 5.56. The molecule has 1 heterocycles. The van der Waals surface area contributed by atoms with E-state index in [9.17, 15) is 0 Å². The van der Waals surface area contributed by atoms with Crippen molar-refractivity contribution in [3.05, 3.63) is 0 Å². The Hall–Kier alpha value is -0.120. The lowest BCUT2D eigenvalue weighted by atomic mass is 10.2. The number of rotatable bonds is 3. The summed E-state index contributed by atoms with van der Waals surface area (Å²) in [5.41, 5.74) is 5.56. The van der Waals surface area contributed by atoms with E-state index in [-0.39, 0.29) is 0 Å². The van der Waals surface area contributed by atoms with Gasteiger partial charge in [-0.05, 0) is 20.4 Å². The van der Waals surface area contributed by atoms with Gasteiger partial charge in [0.05, 0.1) is 6.61 Å². The van der Waals surface area contributed by atoms with Gasteiger partial charge in [-0.2, -0.15) is 0 Å². The number of nitrogens with zero attached hydrogens (tertiary/aromatic N) is 1. The van der Waals surface area contributed by atoms with E-state index in [0.717, 1.165) is 26.2 Å². The maximum Gasteiger partial charge on any atom is 0.0622 e. The lowest BCUT2D eigenvalue weighted by Gasteiger charge is -2.28. The van der Waals surface area contributed by atoms with Crippen molar-refractivity contribution in [2.24, 2.45) is 5.73 Å². The van der Waals surface area contributed by atoms with Gasteiger partial charge in [0.1, 0.15) is 0 Å². The molecule has 1 fully saturated rings. The Kier molecular flexibility index (Phi) is 3.30. The first-order chi connectivity index (χ1) is 5.25. The lowest BCUT2D eigenvalue weighted by Crippen LogP contribution is -2.42. The second kappa shape index (κ2) is 4.04. The summed E-state index contributed by atoms with van der Waals surface area (Å²) in [4.78, 5) is 2.31. The van der Waals surface area contributed by atoms with Crippen LogP contribution in [-0.4, -0.2) is 43.8 Å². The molecule has 0 aromatic carbocycles. The van der Waals surface area contributed by atoms with Crippen LogP contribution in [0.3, 0.4) is 0 Å². The predicted molar refractivity (Wildman–Crippen MR) is 45.5 cm³/mol. The summed E-state index contributed by atoms with van der Waals surface area (Å²) in [5.74, 6) is 0. The first-order valence-electron chi connectivity index (χ1n) is 4.25. The zero-order chi connectivity index (χ0) is 8.27. The van der Waals surface area contributed by atoms with Crippen molar-refractivity contribution in [2.45, 2.75) is 25.4 Å². The molecule has 0 aliphatic carbocycles. The van der Waals surface area contributed by atoms with Crippen LogP contribution in [-0.2, 0) is 4.74 Å². The van der Waals surface area contributed by atoms with Crippen LogP contribution in [0.25, 0.3) is 0 Å². The molecule has 0 aromatic heterocycles. The van der Waals surface area contributed by atoms with Crippen molar-refractivity contribution in [1.29, 1.82) is 0 Å². The number of likely N-dealkylation sites (N-methyl/N-ethyl adjacent to an activating group) is 1. The first kappa shape index (κ1) is 8.97. The minimum atomic E-state index is 0.474.